The van der Waals surface area contributed by atoms with Crippen molar-refractivity contribution in [3.63, 3.8) is 0 Å². The van der Waals surface area contributed by atoms with Crippen LogP contribution in [0.5, 0.6) is 0 Å². The van der Waals surface area contributed by atoms with Crippen molar-refractivity contribution in [3.05, 3.63) is 53.3 Å². The molecule has 2 aromatic rings. The third-order valence-electron chi connectivity index (χ3n) is 2.76. The highest BCUT2D eigenvalue weighted by molar-refractivity contribution is 7.86. The normalized spacial score (nSPS) is 10.1. The molecule has 1 aromatic carbocycles. The van der Waals surface area contributed by atoms with Crippen LogP contribution in [0.2, 0.25) is 0 Å². The van der Waals surface area contributed by atoms with Gasteiger partial charge in [-0.3, -0.25) is 5.41 Å². The summed E-state index contributed by atoms with van der Waals surface area (Å²) in [5.41, 5.74) is 10.9. The molecule has 0 aliphatic heterocycles. The molecule has 10 heteroatoms. The molecule has 0 saturated carbocycles. The molecule has 0 aliphatic rings. The molecule has 0 atom stereocenters. The zero-order valence-electron chi connectivity index (χ0n) is 13.6. The summed E-state index contributed by atoms with van der Waals surface area (Å²) in [6, 6.07) is 11.7. The van der Waals surface area contributed by atoms with Crippen molar-refractivity contribution in [2.24, 2.45) is 11.5 Å². The summed E-state index contributed by atoms with van der Waals surface area (Å²) < 4.78 is 28.0. The van der Waals surface area contributed by atoms with Crippen molar-refractivity contribution in [2.45, 2.75) is 6.92 Å². The van der Waals surface area contributed by atoms with E-state index in [-0.39, 0.29) is 11.5 Å². The topological polar surface area (TPSA) is 165 Å². The second kappa shape index (κ2) is 7.98. The standard InChI is InChI=1S/C14H12N2O4S.CH5N3/c1-10-6-7-13(9-15)16(10)12-5-3-4-11(8-12)14(17)20-21(2,18)19;2-1(3)4/h3-8H,1-2H3;(H5,2,3,4). The van der Waals surface area contributed by atoms with E-state index in [4.69, 9.17) is 10.7 Å². The minimum absolute atomic E-state index is 0.0925. The number of aromatic nitrogens is 1. The molecule has 0 unspecified atom stereocenters. The molecule has 0 amide bonds. The summed E-state index contributed by atoms with van der Waals surface area (Å²) in [5, 5.41) is 15.1. The van der Waals surface area contributed by atoms with Gasteiger partial charge in [-0.25, -0.2) is 4.79 Å². The Morgan fingerprint density at radius 3 is 2.40 bits per heavy atom. The second-order valence-electron chi connectivity index (χ2n) is 4.89. The number of nitrogens with zero attached hydrogens (tertiary/aromatic N) is 2. The number of aryl methyl sites for hydroxylation is 1. The molecule has 0 bridgehead atoms. The lowest BCUT2D eigenvalue weighted by Crippen LogP contribution is -2.20. The van der Waals surface area contributed by atoms with Gasteiger partial charge in [0.2, 0.25) is 0 Å². The largest absolute Gasteiger partial charge is 0.370 e. The Kier molecular flexibility index (Phi) is 6.30. The van der Waals surface area contributed by atoms with Gasteiger partial charge in [-0.1, -0.05) is 6.07 Å². The smallest absolute Gasteiger partial charge is 0.353 e. The van der Waals surface area contributed by atoms with Crippen LogP contribution in [-0.2, 0) is 14.3 Å². The van der Waals surface area contributed by atoms with E-state index in [0.29, 0.717) is 11.4 Å². The van der Waals surface area contributed by atoms with Crippen molar-refractivity contribution >= 4 is 22.0 Å². The van der Waals surface area contributed by atoms with Gasteiger partial charge in [-0.2, -0.15) is 13.7 Å². The summed E-state index contributed by atoms with van der Waals surface area (Å²) in [5.74, 6) is -1.29. The van der Waals surface area contributed by atoms with Gasteiger partial charge >= 0.3 is 16.1 Å². The number of nitrogens with two attached hydrogens (primary N) is 2. The average Bonchev–Trinajstić information content (AvgIpc) is 2.86. The molecular formula is C15H17N5O4S. The van der Waals surface area contributed by atoms with Crippen molar-refractivity contribution in [3.8, 4) is 11.8 Å². The van der Waals surface area contributed by atoms with E-state index in [9.17, 15) is 13.2 Å². The van der Waals surface area contributed by atoms with Gasteiger partial charge in [0.25, 0.3) is 0 Å². The molecular weight excluding hydrogens is 346 g/mol. The van der Waals surface area contributed by atoms with E-state index in [0.717, 1.165) is 11.9 Å². The monoisotopic (exact) mass is 363 g/mol. The molecule has 132 valence electrons. The zero-order valence-corrected chi connectivity index (χ0v) is 14.4. The van der Waals surface area contributed by atoms with Crippen LogP contribution in [0, 0.1) is 23.7 Å². The number of hydrogen-bond acceptors (Lipinski definition) is 6. The van der Waals surface area contributed by atoms with Crippen molar-refractivity contribution in [1.82, 2.24) is 4.57 Å². The maximum Gasteiger partial charge on any atom is 0.353 e. The Labute approximate surface area is 145 Å². The number of nitrogens with one attached hydrogen (secondary N) is 1. The van der Waals surface area contributed by atoms with Crippen LogP contribution in [-0.4, -0.2) is 31.2 Å². The Bertz CT molecular complexity index is 937. The van der Waals surface area contributed by atoms with E-state index >= 15 is 0 Å². The predicted octanol–water partition coefficient (Wildman–Crippen LogP) is 0.612. The Morgan fingerprint density at radius 1 is 1.28 bits per heavy atom. The van der Waals surface area contributed by atoms with Crippen LogP contribution >= 0.6 is 0 Å². The SMILES string of the molecule is Cc1ccc(C#N)n1-c1cccc(C(=O)OS(C)(=O)=O)c1.N=C(N)N. The lowest BCUT2D eigenvalue weighted by Gasteiger charge is -2.09. The summed E-state index contributed by atoms with van der Waals surface area (Å²) in [6.07, 6.45) is 0.804. The number of nitriles is 1. The van der Waals surface area contributed by atoms with Crippen molar-refractivity contribution in [1.29, 1.82) is 10.7 Å². The fraction of sp³-hybridized carbons (Fsp3) is 0.133. The maximum absolute atomic E-state index is 11.7. The number of carbonyl (C=O) groups excluding carboxylic acids is 1. The summed E-state index contributed by atoms with van der Waals surface area (Å²) >= 11 is 0. The van der Waals surface area contributed by atoms with Gasteiger partial charge in [0.15, 0.2) is 5.96 Å². The number of carbonyl (C=O) groups is 1. The molecule has 9 nitrogen and oxygen atoms in total. The Hall–Kier alpha value is -3.32. The molecule has 0 aliphatic carbocycles. The highest BCUT2D eigenvalue weighted by Crippen LogP contribution is 2.18. The second-order valence-corrected chi connectivity index (χ2v) is 6.46. The first-order valence-electron chi connectivity index (χ1n) is 6.77. The highest BCUT2D eigenvalue weighted by atomic mass is 32.2. The molecule has 0 radical (unpaired) electrons. The lowest BCUT2D eigenvalue weighted by molar-refractivity contribution is 0.0748. The van der Waals surface area contributed by atoms with Gasteiger partial charge in [-0.15, -0.1) is 0 Å². The van der Waals surface area contributed by atoms with E-state index in [1.807, 2.05) is 6.92 Å². The number of hydrogen-bond donors (Lipinski definition) is 3. The molecule has 0 spiro atoms. The van der Waals surface area contributed by atoms with Crippen molar-refractivity contribution in [2.75, 3.05) is 6.26 Å². The fourth-order valence-corrected chi connectivity index (χ4v) is 2.30. The molecule has 25 heavy (non-hydrogen) atoms. The minimum atomic E-state index is -3.87. The third-order valence-corrected chi connectivity index (χ3v) is 3.21. The third kappa shape index (κ3) is 6.00. The molecule has 0 saturated heterocycles. The van der Waals surface area contributed by atoms with Gasteiger partial charge in [-0.05, 0) is 37.3 Å². The molecule has 1 heterocycles. The quantitative estimate of drug-likeness (QED) is 0.408. The van der Waals surface area contributed by atoms with Crippen LogP contribution in [0.4, 0.5) is 0 Å². The van der Waals surface area contributed by atoms with E-state index in [1.54, 1.807) is 28.8 Å². The van der Waals surface area contributed by atoms with E-state index < -0.39 is 16.1 Å². The summed E-state index contributed by atoms with van der Waals surface area (Å²) in [7, 11) is -3.87. The molecule has 1 aromatic heterocycles. The molecule has 5 N–H and O–H groups in total. The van der Waals surface area contributed by atoms with Crippen molar-refractivity contribution < 1.29 is 17.4 Å². The molecule has 2 rings (SSSR count). The Balaban J connectivity index is 0.000000705. The van der Waals surface area contributed by atoms with E-state index in [2.05, 4.69) is 21.7 Å². The predicted molar refractivity (Wildman–Crippen MR) is 91.6 cm³/mol. The fourth-order valence-electron chi connectivity index (χ4n) is 1.93. The lowest BCUT2D eigenvalue weighted by atomic mass is 10.2. The first kappa shape index (κ1) is 19.7. The first-order valence-corrected chi connectivity index (χ1v) is 8.59. The average molecular weight is 363 g/mol. The van der Waals surface area contributed by atoms with E-state index in [1.165, 1.54) is 12.1 Å². The maximum atomic E-state index is 11.7. The number of guanidine groups is 1. The van der Waals surface area contributed by atoms with Gasteiger partial charge in [0, 0.05) is 11.4 Å². The Morgan fingerprint density at radius 2 is 1.88 bits per heavy atom. The highest BCUT2D eigenvalue weighted by Gasteiger charge is 2.15. The van der Waals surface area contributed by atoms with Gasteiger partial charge in [0.05, 0.1) is 11.8 Å². The molecule has 0 fully saturated rings. The van der Waals surface area contributed by atoms with Crippen LogP contribution in [0.15, 0.2) is 36.4 Å². The van der Waals surface area contributed by atoms with Crippen LogP contribution < -0.4 is 11.5 Å². The summed E-state index contributed by atoms with van der Waals surface area (Å²) in [4.78, 5) is 11.7. The number of benzene rings is 1. The van der Waals surface area contributed by atoms with Crippen LogP contribution in [0.1, 0.15) is 21.7 Å². The summed E-state index contributed by atoms with van der Waals surface area (Å²) in [6.45, 7) is 1.82. The van der Waals surface area contributed by atoms with Gasteiger partial charge in [0.1, 0.15) is 11.8 Å². The first-order chi connectivity index (χ1) is 11.5. The van der Waals surface area contributed by atoms with Gasteiger partial charge < -0.3 is 20.2 Å². The van der Waals surface area contributed by atoms with Crippen LogP contribution in [0.25, 0.3) is 5.69 Å². The number of rotatable bonds is 3. The van der Waals surface area contributed by atoms with Crippen LogP contribution in [0.3, 0.4) is 0 Å². The minimum Gasteiger partial charge on any atom is -0.370 e. The zero-order chi connectivity index (χ0) is 19.2.